The lowest BCUT2D eigenvalue weighted by atomic mass is 10.2. The molecule has 0 radical (unpaired) electrons. The summed E-state index contributed by atoms with van der Waals surface area (Å²) in [6.45, 7) is -0.415. The van der Waals surface area contributed by atoms with Gasteiger partial charge in [-0.25, -0.2) is 23.1 Å². The third-order valence-electron chi connectivity index (χ3n) is 2.13. The minimum absolute atomic E-state index is 0.232. The third kappa shape index (κ3) is 0.994. The van der Waals surface area contributed by atoms with E-state index in [-0.39, 0.29) is 4.73 Å². The molecule has 2 heterocycles. The van der Waals surface area contributed by atoms with Crippen molar-refractivity contribution in [3.05, 3.63) is 21.0 Å². The van der Waals surface area contributed by atoms with Gasteiger partial charge in [-0.05, 0) is 0 Å². The van der Waals surface area contributed by atoms with Crippen LogP contribution < -0.4 is 11.4 Å². The van der Waals surface area contributed by atoms with Crippen molar-refractivity contribution in [1.82, 2.24) is 14.1 Å². The van der Waals surface area contributed by atoms with Crippen molar-refractivity contribution in [2.45, 2.75) is 25.4 Å². The van der Waals surface area contributed by atoms with E-state index in [9.17, 15) is 18.4 Å². The molecule has 0 spiro atoms. The molecular formula is C6H7F2N3O3. The van der Waals surface area contributed by atoms with Gasteiger partial charge in [-0.15, -0.1) is 0 Å². The van der Waals surface area contributed by atoms with Crippen molar-refractivity contribution in [1.29, 1.82) is 0 Å². The summed E-state index contributed by atoms with van der Waals surface area (Å²) in [6, 6.07) is 0. The van der Waals surface area contributed by atoms with Crippen LogP contribution in [-0.4, -0.2) is 25.5 Å². The average molecular weight is 207 g/mol. The molecule has 2 unspecified atom stereocenters. The van der Waals surface area contributed by atoms with Crippen LogP contribution in [-0.2, 0) is 6.54 Å². The Kier molecular flexibility index (Phi) is 1.73. The largest absolute Gasteiger partial charge is 0.420 e. The molecule has 8 heteroatoms. The molecule has 1 aromatic heterocycles. The van der Waals surface area contributed by atoms with Crippen LogP contribution in [0.1, 0.15) is 12.7 Å². The van der Waals surface area contributed by atoms with Gasteiger partial charge in [0.1, 0.15) is 6.17 Å². The van der Waals surface area contributed by atoms with E-state index in [4.69, 9.17) is 5.21 Å². The fourth-order valence-corrected chi connectivity index (χ4v) is 1.49. The Morgan fingerprint density at radius 1 is 1.29 bits per heavy atom. The first-order valence-corrected chi connectivity index (χ1v) is 3.94. The Morgan fingerprint density at radius 3 is 2.57 bits per heavy atom. The second kappa shape index (κ2) is 2.69. The van der Waals surface area contributed by atoms with Gasteiger partial charge in [-0.1, -0.05) is 4.73 Å². The lowest BCUT2D eigenvalue weighted by molar-refractivity contribution is 0.0717. The van der Waals surface area contributed by atoms with Crippen LogP contribution in [0, 0.1) is 0 Å². The molecule has 0 bridgehead atoms. The Balaban J connectivity index is 2.72. The Bertz CT molecular complexity index is 474. The third-order valence-corrected chi connectivity index (χ3v) is 2.13. The van der Waals surface area contributed by atoms with E-state index in [1.807, 2.05) is 0 Å². The van der Waals surface area contributed by atoms with Crippen LogP contribution in [0.2, 0.25) is 0 Å². The standard InChI is InChI=1S/C6H7F2N3O3/c7-3-1-4(8)10-6(13)11(14)5(12)9(10)2-3/h3-4,14H,1-2H2. The Morgan fingerprint density at radius 2 is 1.93 bits per heavy atom. The fourth-order valence-electron chi connectivity index (χ4n) is 1.49. The van der Waals surface area contributed by atoms with Crippen molar-refractivity contribution >= 4 is 0 Å². The number of hydrogen-bond acceptors (Lipinski definition) is 3. The van der Waals surface area contributed by atoms with E-state index < -0.39 is 36.8 Å². The minimum atomic E-state index is -1.91. The van der Waals surface area contributed by atoms with Crippen LogP contribution in [0.25, 0.3) is 0 Å². The number of hydrogen-bond donors (Lipinski definition) is 1. The number of halogens is 2. The molecule has 14 heavy (non-hydrogen) atoms. The SMILES string of the molecule is O=c1n(O)c(=O)n2n1CC(F)CC2F. The topological polar surface area (TPSA) is 69.2 Å². The van der Waals surface area contributed by atoms with Gasteiger partial charge in [0.05, 0.1) is 6.54 Å². The highest BCUT2D eigenvalue weighted by Crippen LogP contribution is 2.20. The van der Waals surface area contributed by atoms with Crippen LogP contribution in [0.5, 0.6) is 0 Å². The minimum Gasteiger partial charge on any atom is -0.420 e. The molecule has 1 aromatic rings. The Labute approximate surface area is 75.5 Å². The van der Waals surface area contributed by atoms with Gasteiger partial charge in [0, 0.05) is 6.42 Å². The Hall–Kier alpha value is -1.60. The number of aromatic nitrogens is 3. The number of rotatable bonds is 0. The summed E-state index contributed by atoms with van der Waals surface area (Å²) in [5.41, 5.74) is -2.31. The van der Waals surface area contributed by atoms with Crippen LogP contribution >= 0.6 is 0 Å². The second-order valence-electron chi connectivity index (χ2n) is 3.07. The monoisotopic (exact) mass is 207 g/mol. The highest BCUT2D eigenvalue weighted by Gasteiger charge is 2.31. The maximum atomic E-state index is 13.1. The van der Waals surface area contributed by atoms with Gasteiger partial charge in [-0.3, -0.25) is 0 Å². The molecular weight excluding hydrogens is 200 g/mol. The van der Waals surface area contributed by atoms with E-state index in [0.29, 0.717) is 9.36 Å². The highest BCUT2D eigenvalue weighted by atomic mass is 19.1. The zero-order valence-corrected chi connectivity index (χ0v) is 6.93. The van der Waals surface area contributed by atoms with E-state index >= 15 is 0 Å². The summed E-state index contributed by atoms with van der Waals surface area (Å²) >= 11 is 0. The van der Waals surface area contributed by atoms with Crippen molar-refractivity contribution in [3.8, 4) is 0 Å². The molecule has 0 aromatic carbocycles. The molecule has 78 valence electrons. The van der Waals surface area contributed by atoms with Gasteiger partial charge in [0.25, 0.3) is 0 Å². The van der Waals surface area contributed by atoms with Crippen molar-refractivity contribution in [3.63, 3.8) is 0 Å². The summed E-state index contributed by atoms with van der Waals surface area (Å²) in [7, 11) is 0. The second-order valence-corrected chi connectivity index (χ2v) is 3.07. The van der Waals surface area contributed by atoms with Crippen molar-refractivity contribution in [2.75, 3.05) is 0 Å². The van der Waals surface area contributed by atoms with Crippen LogP contribution in [0.3, 0.4) is 0 Å². The summed E-state index contributed by atoms with van der Waals surface area (Å²) < 4.78 is 26.7. The lowest BCUT2D eigenvalue weighted by Gasteiger charge is -2.21. The maximum absolute atomic E-state index is 13.1. The zero-order chi connectivity index (χ0) is 10.5. The van der Waals surface area contributed by atoms with Gasteiger partial charge in [0.2, 0.25) is 0 Å². The smallest absolute Gasteiger partial charge is 0.383 e. The number of fused-ring (bicyclic) bond motifs is 1. The molecule has 0 fully saturated rings. The van der Waals surface area contributed by atoms with Gasteiger partial charge in [-0.2, -0.15) is 4.68 Å². The van der Waals surface area contributed by atoms with Crippen LogP contribution in [0.15, 0.2) is 9.59 Å². The fraction of sp³-hybridized carbons (Fsp3) is 0.667. The van der Waals surface area contributed by atoms with Crippen LogP contribution in [0.4, 0.5) is 8.78 Å². The predicted octanol–water partition coefficient (Wildman–Crippen LogP) is -0.741. The molecule has 0 saturated carbocycles. The molecule has 6 nitrogen and oxygen atoms in total. The maximum Gasteiger partial charge on any atom is 0.383 e. The first kappa shape index (κ1) is 8.97. The number of nitrogens with zero attached hydrogens (tertiary/aromatic N) is 3. The van der Waals surface area contributed by atoms with Gasteiger partial charge in [0.15, 0.2) is 6.30 Å². The van der Waals surface area contributed by atoms with Crippen molar-refractivity contribution < 1.29 is 14.0 Å². The first-order valence-electron chi connectivity index (χ1n) is 3.94. The van der Waals surface area contributed by atoms with E-state index in [1.165, 1.54) is 0 Å². The molecule has 0 aliphatic carbocycles. The molecule has 0 saturated heterocycles. The highest BCUT2D eigenvalue weighted by molar-refractivity contribution is 4.79. The molecule has 1 aliphatic heterocycles. The number of alkyl halides is 2. The zero-order valence-electron chi connectivity index (χ0n) is 6.93. The lowest BCUT2D eigenvalue weighted by Crippen LogP contribution is -2.37. The predicted molar refractivity (Wildman–Crippen MR) is 39.8 cm³/mol. The molecule has 1 aliphatic rings. The first-order chi connectivity index (χ1) is 6.52. The van der Waals surface area contributed by atoms with E-state index in [1.54, 1.807) is 0 Å². The normalized spacial score (nSPS) is 26.1. The quantitative estimate of drug-likeness (QED) is 0.569. The molecule has 0 amide bonds. The van der Waals surface area contributed by atoms with Gasteiger partial charge < -0.3 is 5.21 Å². The average Bonchev–Trinajstić information content (AvgIpc) is 2.31. The molecule has 1 N–H and O–H groups in total. The molecule has 2 rings (SSSR count). The van der Waals surface area contributed by atoms with E-state index in [2.05, 4.69) is 0 Å². The summed E-state index contributed by atoms with van der Waals surface area (Å²) in [4.78, 5) is 22.1. The van der Waals surface area contributed by atoms with Gasteiger partial charge >= 0.3 is 11.4 Å². The summed E-state index contributed by atoms with van der Waals surface area (Å²) in [5, 5.41) is 8.86. The van der Waals surface area contributed by atoms with Crippen molar-refractivity contribution in [2.24, 2.45) is 0 Å². The summed E-state index contributed by atoms with van der Waals surface area (Å²) in [6.07, 6.45) is -3.92. The summed E-state index contributed by atoms with van der Waals surface area (Å²) in [5.74, 6) is 0. The van der Waals surface area contributed by atoms with E-state index in [0.717, 1.165) is 0 Å². The molecule has 2 atom stereocenters.